The maximum Gasteiger partial charge on any atom is 0.265 e. The van der Waals surface area contributed by atoms with Gasteiger partial charge in [0.25, 0.3) is 11.8 Å². The summed E-state index contributed by atoms with van der Waals surface area (Å²) in [4.78, 5) is 41.6. The SMILES string of the molecule is CC(NC(=O)CCc1cccc(N2C(=O)c3cccc4c(NCc5cccc(CN)c5)ccc(c34)C2=O)c1)c1ccccc1. The summed E-state index contributed by atoms with van der Waals surface area (Å²) >= 11 is 0. The summed E-state index contributed by atoms with van der Waals surface area (Å²) in [5.41, 5.74) is 12.1. The van der Waals surface area contributed by atoms with Crippen molar-refractivity contribution >= 4 is 39.9 Å². The number of aryl methyl sites for hydroxylation is 1. The van der Waals surface area contributed by atoms with Gasteiger partial charge in [0.1, 0.15) is 0 Å². The number of nitrogens with two attached hydrogens (primary N) is 1. The van der Waals surface area contributed by atoms with Crippen molar-refractivity contribution in [1.29, 1.82) is 0 Å². The highest BCUT2D eigenvalue weighted by Crippen LogP contribution is 2.36. The topological polar surface area (TPSA) is 105 Å². The van der Waals surface area contributed by atoms with Crippen molar-refractivity contribution in [3.63, 3.8) is 0 Å². The molecule has 7 nitrogen and oxygen atoms in total. The zero-order valence-corrected chi connectivity index (χ0v) is 24.5. The van der Waals surface area contributed by atoms with E-state index < -0.39 is 0 Å². The molecule has 5 aromatic rings. The second kappa shape index (κ2) is 12.5. The van der Waals surface area contributed by atoms with Gasteiger partial charge in [-0.2, -0.15) is 0 Å². The van der Waals surface area contributed by atoms with Crippen molar-refractivity contribution in [2.24, 2.45) is 5.73 Å². The standard InChI is InChI=1S/C37H34N4O3/c1-24(28-11-3-2-4-12-28)40-34(42)19-16-25-8-6-13-29(21-25)41-36(43)31-15-7-14-30-33(18-17-32(35(30)31)37(41)44)39-23-27-10-5-9-26(20-27)22-38/h2-15,17-18,20-21,24,39H,16,19,22-23,38H2,1H3,(H,40,42). The van der Waals surface area contributed by atoms with Gasteiger partial charge in [-0.05, 0) is 65.9 Å². The predicted molar refractivity (Wildman–Crippen MR) is 175 cm³/mol. The Balaban J connectivity index is 1.19. The predicted octanol–water partition coefficient (Wildman–Crippen LogP) is 6.52. The summed E-state index contributed by atoms with van der Waals surface area (Å²) in [6, 6.07) is 34.3. The van der Waals surface area contributed by atoms with E-state index in [2.05, 4.69) is 16.7 Å². The number of benzene rings is 5. The van der Waals surface area contributed by atoms with E-state index in [9.17, 15) is 14.4 Å². The van der Waals surface area contributed by atoms with Crippen LogP contribution in [0.25, 0.3) is 10.8 Å². The van der Waals surface area contributed by atoms with Crippen LogP contribution in [-0.4, -0.2) is 17.7 Å². The number of hydrogen-bond donors (Lipinski definition) is 3. The van der Waals surface area contributed by atoms with Crippen LogP contribution in [-0.2, 0) is 24.3 Å². The van der Waals surface area contributed by atoms with Gasteiger partial charge in [0.2, 0.25) is 5.91 Å². The lowest BCUT2D eigenvalue weighted by atomic mass is 9.92. The van der Waals surface area contributed by atoms with Crippen molar-refractivity contribution < 1.29 is 14.4 Å². The van der Waals surface area contributed by atoms with Crippen LogP contribution in [0.3, 0.4) is 0 Å². The molecule has 1 unspecified atom stereocenters. The Morgan fingerprint density at radius 1 is 0.773 bits per heavy atom. The van der Waals surface area contributed by atoms with Gasteiger partial charge in [0, 0.05) is 47.1 Å². The molecular weight excluding hydrogens is 548 g/mol. The molecule has 4 N–H and O–H groups in total. The lowest BCUT2D eigenvalue weighted by Gasteiger charge is -2.28. The van der Waals surface area contributed by atoms with Crippen molar-refractivity contribution in [3.05, 3.63) is 143 Å². The average molecular weight is 583 g/mol. The van der Waals surface area contributed by atoms with Gasteiger partial charge in [0.05, 0.1) is 11.7 Å². The van der Waals surface area contributed by atoms with E-state index in [1.165, 1.54) is 4.90 Å². The molecule has 0 saturated heterocycles. The normalized spacial score (nSPS) is 13.2. The van der Waals surface area contributed by atoms with Crippen molar-refractivity contribution in [2.75, 3.05) is 10.2 Å². The third-order valence-electron chi connectivity index (χ3n) is 8.10. The largest absolute Gasteiger partial charge is 0.380 e. The average Bonchev–Trinajstić information content (AvgIpc) is 3.06. The minimum Gasteiger partial charge on any atom is -0.380 e. The van der Waals surface area contributed by atoms with Crippen LogP contribution in [0, 0.1) is 0 Å². The van der Waals surface area contributed by atoms with Crippen molar-refractivity contribution in [3.8, 4) is 0 Å². The van der Waals surface area contributed by atoms with Crippen LogP contribution in [0.1, 0.15) is 62.4 Å². The van der Waals surface area contributed by atoms with E-state index >= 15 is 0 Å². The minimum atomic E-state index is -0.368. The molecule has 3 amide bonds. The maximum absolute atomic E-state index is 13.8. The Hall–Kier alpha value is -5.27. The number of nitrogens with one attached hydrogen (secondary N) is 2. The Morgan fingerprint density at radius 2 is 1.48 bits per heavy atom. The summed E-state index contributed by atoms with van der Waals surface area (Å²) in [7, 11) is 0. The first-order valence-corrected chi connectivity index (χ1v) is 14.8. The van der Waals surface area contributed by atoms with E-state index in [1.54, 1.807) is 18.2 Å². The number of rotatable bonds is 10. The molecule has 6 rings (SSSR count). The molecule has 0 aliphatic carbocycles. The molecule has 7 heteroatoms. The van der Waals surface area contributed by atoms with E-state index in [1.807, 2.05) is 91.9 Å². The first kappa shape index (κ1) is 28.8. The molecule has 0 aromatic heterocycles. The van der Waals surface area contributed by atoms with E-state index in [4.69, 9.17) is 5.73 Å². The maximum atomic E-state index is 13.8. The van der Waals surface area contributed by atoms with Gasteiger partial charge >= 0.3 is 0 Å². The smallest absolute Gasteiger partial charge is 0.265 e. The van der Waals surface area contributed by atoms with Crippen LogP contribution in [0.5, 0.6) is 0 Å². The molecule has 0 radical (unpaired) electrons. The van der Waals surface area contributed by atoms with E-state index in [-0.39, 0.29) is 30.2 Å². The van der Waals surface area contributed by atoms with Gasteiger partial charge in [-0.1, -0.05) is 78.9 Å². The molecule has 1 aliphatic heterocycles. The molecule has 1 aliphatic rings. The van der Waals surface area contributed by atoms with E-state index in [0.29, 0.717) is 41.7 Å². The van der Waals surface area contributed by atoms with Gasteiger partial charge in [-0.3, -0.25) is 14.4 Å². The van der Waals surface area contributed by atoms with E-state index in [0.717, 1.165) is 33.3 Å². The molecular formula is C37H34N4O3. The van der Waals surface area contributed by atoms with Crippen LogP contribution in [0.2, 0.25) is 0 Å². The van der Waals surface area contributed by atoms with Crippen molar-refractivity contribution in [2.45, 2.75) is 38.9 Å². The Kier molecular flexibility index (Phi) is 8.21. The second-order valence-electron chi connectivity index (χ2n) is 11.1. The van der Waals surface area contributed by atoms with Crippen LogP contribution in [0.4, 0.5) is 11.4 Å². The number of nitrogens with zero attached hydrogens (tertiary/aromatic N) is 1. The van der Waals surface area contributed by atoms with Crippen LogP contribution >= 0.6 is 0 Å². The number of carbonyl (C=O) groups is 3. The van der Waals surface area contributed by atoms with Crippen molar-refractivity contribution in [1.82, 2.24) is 5.32 Å². The molecule has 0 fully saturated rings. The number of carbonyl (C=O) groups excluding carboxylic acids is 3. The summed E-state index contributed by atoms with van der Waals surface area (Å²) in [5, 5.41) is 7.99. The first-order valence-electron chi connectivity index (χ1n) is 14.8. The Bertz CT molecular complexity index is 1850. The summed E-state index contributed by atoms with van der Waals surface area (Å²) < 4.78 is 0. The molecule has 0 bridgehead atoms. The lowest BCUT2D eigenvalue weighted by Crippen LogP contribution is -2.40. The van der Waals surface area contributed by atoms with Crippen LogP contribution < -0.4 is 21.3 Å². The second-order valence-corrected chi connectivity index (χ2v) is 11.1. The zero-order chi connectivity index (χ0) is 30.6. The fourth-order valence-corrected chi connectivity index (χ4v) is 5.80. The first-order chi connectivity index (χ1) is 21.4. The molecule has 5 aromatic carbocycles. The molecule has 1 atom stereocenters. The highest BCUT2D eigenvalue weighted by Gasteiger charge is 2.34. The fourth-order valence-electron chi connectivity index (χ4n) is 5.80. The number of imide groups is 1. The highest BCUT2D eigenvalue weighted by atomic mass is 16.2. The van der Waals surface area contributed by atoms with Gasteiger partial charge in [0.15, 0.2) is 0 Å². The summed E-state index contributed by atoms with van der Waals surface area (Å²) in [5.74, 6) is -0.797. The summed E-state index contributed by atoms with van der Waals surface area (Å²) in [6.07, 6.45) is 0.768. The number of amides is 3. The zero-order valence-electron chi connectivity index (χ0n) is 24.5. The summed E-state index contributed by atoms with van der Waals surface area (Å²) in [6.45, 7) is 3.01. The quantitative estimate of drug-likeness (QED) is 0.163. The molecule has 44 heavy (non-hydrogen) atoms. The Morgan fingerprint density at radius 3 is 2.27 bits per heavy atom. The van der Waals surface area contributed by atoms with Gasteiger partial charge in [-0.25, -0.2) is 4.90 Å². The minimum absolute atomic E-state index is 0.0611. The fraction of sp³-hybridized carbons (Fsp3) is 0.162. The Labute approximate surface area is 256 Å². The number of hydrogen-bond acceptors (Lipinski definition) is 5. The van der Waals surface area contributed by atoms with Crippen LogP contribution in [0.15, 0.2) is 109 Å². The molecule has 0 spiro atoms. The third-order valence-corrected chi connectivity index (χ3v) is 8.10. The third kappa shape index (κ3) is 5.82. The molecule has 220 valence electrons. The van der Waals surface area contributed by atoms with Gasteiger partial charge < -0.3 is 16.4 Å². The lowest BCUT2D eigenvalue weighted by molar-refractivity contribution is -0.121. The number of anilines is 2. The highest BCUT2D eigenvalue weighted by molar-refractivity contribution is 6.36. The molecule has 0 saturated carbocycles. The van der Waals surface area contributed by atoms with Gasteiger partial charge in [-0.15, -0.1) is 0 Å². The monoisotopic (exact) mass is 582 g/mol. The molecule has 1 heterocycles.